The number of rotatable bonds is 6. The van der Waals surface area contributed by atoms with Crippen molar-refractivity contribution in [1.82, 2.24) is 10.3 Å². The molecule has 2 N–H and O–H groups in total. The topological polar surface area (TPSA) is 87.8 Å². The Hall–Kier alpha value is -3.88. The van der Waals surface area contributed by atoms with Gasteiger partial charge in [0.2, 0.25) is 0 Å². The molecule has 9 heteroatoms. The van der Waals surface area contributed by atoms with Gasteiger partial charge < -0.3 is 24.5 Å². The lowest BCUT2D eigenvalue weighted by Gasteiger charge is -2.27. The number of nitrogens with zero attached hydrogens (tertiary/aromatic N) is 2. The number of ether oxygens (including phenoxy) is 1. The van der Waals surface area contributed by atoms with E-state index in [2.05, 4.69) is 10.3 Å². The number of para-hydroxylation sites is 2. The van der Waals surface area contributed by atoms with Gasteiger partial charge in [0.05, 0.1) is 35.1 Å². The molecule has 2 aromatic carbocycles. The molecule has 0 unspecified atom stereocenters. The molecule has 3 heterocycles. The second-order valence-corrected chi connectivity index (χ2v) is 8.66. The zero-order valence-corrected chi connectivity index (χ0v) is 20.1. The molecule has 0 spiro atoms. The number of carbonyl (C=O) groups is 1. The van der Waals surface area contributed by atoms with E-state index in [0.29, 0.717) is 33.0 Å². The lowest BCUT2D eigenvalue weighted by atomic mass is 10.0. The monoisotopic (exact) mass is 505 g/mol. The maximum atomic E-state index is 11.5. The van der Waals surface area contributed by atoms with E-state index in [1.54, 1.807) is 25.4 Å². The van der Waals surface area contributed by atoms with Crippen molar-refractivity contribution in [3.05, 3.63) is 101 Å². The molecule has 0 radical (unpaired) electrons. The average Bonchev–Trinajstić information content (AvgIpc) is 3.49. The number of pyridine rings is 1. The highest BCUT2D eigenvalue weighted by Gasteiger charge is 2.43. The zero-order chi connectivity index (χ0) is 24.5. The van der Waals surface area contributed by atoms with Crippen molar-refractivity contribution in [1.29, 1.82) is 0 Å². The van der Waals surface area contributed by atoms with Gasteiger partial charge in [-0.25, -0.2) is 4.79 Å². The van der Waals surface area contributed by atoms with Gasteiger partial charge in [-0.2, -0.15) is 0 Å². The minimum Gasteiger partial charge on any atom is -0.495 e. The molecule has 176 valence electrons. The number of halogens is 1. The van der Waals surface area contributed by atoms with E-state index in [1.165, 1.54) is 12.1 Å². The maximum absolute atomic E-state index is 11.5. The Kier molecular flexibility index (Phi) is 6.15. The van der Waals surface area contributed by atoms with Crippen molar-refractivity contribution in [2.24, 2.45) is 0 Å². The molecule has 35 heavy (non-hydrogen) atoms. The van der Waals surface area contributed by atoms with E-state index in [4.69, 9.17) is 33.0 Å². The Morgan fingerprint density at radius 1 is 1.14 bits per heavy atom. The van der Waals surface area contributed by atoms with Crippen LogP contribution in [0.2, 0.25) is 5.02 Å². The second-order valence-electron chi connectivity index (χ2n) is 7.87. The largest absolute Gasteiger partial charge is 0.495 e. The summed E-state index contributed by atoms with van der Waals surface area (Å²) in [6.07, 6.45) is 1.73. The summed E-state index contributed by atoms with van der Waals surface area (Å²) in [5.74, 6) is 0.668. The van der Waals surface area contributed by atoms with Crippen molar-refractivity contribution in [3.63, 3.8) is 0 Å². The third kappa shape index (κ3) is 4.22. The number of carboxylic acid groups (broad SMARTS) is 1. The Balaban J connectivity index is 1.63. The molecule has 4 aromatic rings. The van der Waals surface area contributed by atoms with Crippen molar-refractivity contribution >= 4 is 40.6 Å². The van der Waals surface area contributed by atoms with Gasteiger partial charge in [-0.1, -0.05) is 29.8 Å². The van der Waals surface area contributed by atoms with E-state index in [1.807, 2.05) is 53.4 Å². The lowest BCUT2D eigenvalue weighted by molar-refractivity contribution is 0.0697. The van der Waals surface area contributed by atoms with Crippen LogP contribution >= 0.6 is 23.8 Å². The first-order valence-corrected chi connectivity index (χ1v) is 11.5. The number of aromatic carboxylic acids is 1. The third-order valence-electron chi connectivity index (χ3n) is 5.84. The Labute approximate surface area is 211 Å². The summed E-state index contributed by atoms with van der Waals surface area (Å²) in [7, 11) is 1.61. The molecule has 0 amide bonds. The molecule has 7 nitrogen and oxygen atoms in total. The van der Waals surface area contributed by atoms with Crippen molar-refractivity contribution in [2.45, 2.75) is 12.1 Å². The van der Waals surface area contributed by atoms with Gasteiger partial charge in [0, 0.05) is 11.8 Å². The third-order valence-corrected chi connectivity index (χ3v) is 6.48. The highest BCUT2D eigenvalue weighted by Crippen LogP contribution is 2.45. The van der Waals surface area contributed by atoms with Crippen LogP contribution in [0.5, 0.6) is 5.75 Å². The summed E-state index contributed by atoms with van der Waals surface area (Å²) in [4.78, 5) is 18.0. The van der Waals surface area contributed by atoms with Crippen LogP contribution in [0.3, 0.4) is 0 Å². The number of thiocarbonyl (C=S) groups is 1. The fraction of sp³-hybridized carbons (Fsp3) is 0.115. The summed E-state index contributed by atoms with van der Waals surface area (Å²) in [6, 6.07) is 20.7. The summed E-state index contributed by atoms with van der Waals surface area (Å²) in [6.45, 7) is 0. The number of aromatic nitrogens is 1. The molecule has 0 saturated carbocycles. The molecule has 0 bridgehead atoms. The van der Waals surface area contributed by atoms with Crippen LogP contribution in [-0.2, 0) is 0 Å². The second kappa shape index (κ2) is 9.40. The first kappa shape index (κ1) is 22.9. The number of benzene rings is 2. The highest BCUT2D eigenvalue weighted by molar-refractivity contribution is 7.80. The predicted octanol–water partition coefficient (Wildman–Crippen LogP) is 5.88. The number of nitrogens with one attached hydrogen (secondary N) is 1. The number of furan rings is 1. The quantitative estimate of drug-likeness (QED) is 0.314. The van der Waals surface area contributed by atoms with Crippen molar-refractivity contribution in [2.75, 3.05) is 12.0 Å². The molecular weight excluding hydrogens is 486 g/mol. The molecule has 1 saturated heterocycles. The number of hydrogen-bond acceptors (Lipinski definition) is 5. The van der Waals surface area contributed by atoms with Gasteiger partial charge in [0.15, 0.2) is 5.11 Å². The van der Waals surface area contributed by atoms with E-state index < -0.39 is 12.0 Å². The van der Waals surface area contributed by atoms with Crippen molar-refractivity contribution in [3.8, 4) is 17.1 Å². The van der Waals surface area contributed by atoms with Gasteiger partial charge in [0.1, 0.15) is 23.3 Å². The molecule has 5 rings (SSSR count). The van der Waals surface area contributed by atoms with Gasteiger partial charge >= 0.3 is 5.97 Å². The Bertz CT molecular complexity index is 1410. The summed E-state index contributed by atoms with van der Waals surface area (Å²) in [5.41, 5.74) is 2.18. The first-order chi connectivity index (χ1) is 17.0. The molecular formula is C26H20ClN3O4S. The standard InChI is InChI=1S/C26H20ClN3O4S/c1-33-21-8-3-2-7-19(21)30-24(23(29-26(30)35)18-6-4-5-13-28-18)22-12-11-20(34-22)16-14-15(25(31)32)9-10-17(16)27/h2-14,23-24H,1H3,(H,29,35)(H,31,32)/t23-,24-/m1/s1. The molecule has 2 atom stereocenters. The van der Waals surface area contributed by atoms with Crippen LogP contribution in [0.1, 0.15) is 33.9 Å². The van der Waals surface area contributed by atoms with Crippen LogP contribution in [0.15, 0.2) is 83.4 Å². The minimum atomic E-state index is -1.04. The molecule has 0 aliphatic carbocycles. The fourth-order valence-electron chi connectivity index (χ4n) is 4.24. The summed E-state index contributed by atoms with van der Waals surface area (Å²) in [5, 5.41) is 13.7. The Morgan fingerprint density at radius 2 is 1.94 bits per heavy atom. The van der Waals surface area contributed by atoms with Crippen LogP contribution in [-0.4, -0.2) is 28.3 Å². The zero-order valence-electron chi connectivity index (χ0n) is 18.5. The first-order valence-electron chi connectivity index (χ1n) is 10.7. The van der Waals surface area contributed by atoms with E-state index in [0.717, 1.165) is 11.4 Å². The van der Waals surface area contributed by atoms with Gasteiger partial charge in [-0.3, -0.25) is 4.98 Å². The minimum absolute atomic E-state index is 0.119. The SMILES string of the molecule is COc1ccccc1N1C(=S)N[C@H](c2ccccn2)[C@H]1c1ccc(-c2cc(C(=O)O)ccc2Cl)o1. The normalized spacial score (nSPS) is 17.3. The van der Waals surface area contributed by atoms with Gasteiger partial charge in [-0.05, 0) is 66.8 Å². The summed E-state index contributed by atoms with van der Waals surface area (Å²) < 4.78 is 11.9. The summed E-state index contributed by atoms with van der Waals surface area (Å²) >= 11 is 12.1. The number of carboxylic acids is 1. The number of anilines is 1. The van der Waals surface area contributed by atoms with Crippen LogP contribution in [0, 0.1) is 0 Å². The number of hydrogen-bond donors (Lipinski definition) is 2. The van der Waals surface area contributed by atoms with E-state index >= 15 is 0 Å². The lowest BCUT2D eigenvalue weighted by Crippen LogP contribution is -2.29. The van der Waals surface area contributed by atoms with E-state index in [9.17, 15) is 9.90 Å². The van der Waals surface area contributed by atoms with Gasteiger partial charge in [0.25, 0.3) is 0 Å². The van der Waals surface area contributed by atoms with Crippen LogP contribution < -0.4 is 15.0 Å². The van der Waals surface area contributed by atoms with Crippen molar-refractivity contribution < 1.29 is 19.1 Å². The molecule has 1 fully saturated rings. The Morgan fingerprint density at radius 3 is 2.69 bits per heavy atom. The molecule has 1 aliphatic heterocycles. The van der Waals surface area contributed by atoms with Crippen LogP contribution in [0.25, 0.3) is 11.3 Å². The smallest absolute Gasteiger partial charge is 0.335 e. The fourth-order valence-corrected chi connectivity index (χ4v) is 4.79. The number of methoxy groups -OCH3 is 1. The predicted molar refractivity (Wildman–Crippen MR) is 137 cm³/mol. The molecule has 1 aliphatic rings. The maximum Gasteiger partial charge on any atom is 0.335 e. The van der Waals surface area contributed by atoms with Crippen LogP contribution in [0.4, 0.5) is 5.69 Å². The van der Waals surface area contributed by atoms with Gasteiger partial charge in [-0.15, -0.1) is 0 Å². The molecule has 2 aromatic heterocycles. The average molecular weight is 506 g/mol. The van der Waals surface area contributed by atoms with E-state index in [-0.39, 0.29) is 11.6 Å². The highest BCUT2D eigenvalue weighted by atomic mass is 35.5.